The van der Waals surface area contributed by atoms with Gasteiger partial charge in [0.05, 0.1) is 0 Å². The molecule has 1 amide bonds. The highest BCUT2D eigenvalue weighted by Gasteiger charge is 2.09. The Morgan fingerprint density at radius 1 is 1.41 bits per heavy atom. The molecule has 0 saturated heterocycles. The number of benzene rings is 1. The van der Waals surface area contributed by atoms with E-state index in [0.717, 1.165) is 0 Å². The van der Waals surface area contributed by atoms with Crippen molar-refractivity contribution in [1.82, 2.24) is 10.4 Å². The van der Waals surface area contributed by atoms with E-state index in [2.05, 4.69) is 16.1 Å². The average molecular weight is 327 g/mol. The second kappa shape index (κ2) is 9.54. The van der Waals surface area contributed by atoms with Gasteiger partial charge in [-0.2, -0.15) is 0 Å². The number of pyridine rings is 1. The minimum atomic E-state index is -0.318. The summed E-state index contributed by atoms with van der Waals surface area (Å²) in [7, 11) is 1.73. The summed E-state index contributed by atoms with van der Waals surface area (Å²) in [5.74, 6) is 4.53. The van der Waals surface area contributed by atoms with E-state index >= 15 is 0 Å². The molecule has 0 atom stereocenters. The van der Waals surface area contributed by atoms with Gasteiger partial charge in [0.15, 0.2) is 10.9 Å². The summed E-state index contributed by atoms with van der Waals surface area (Å²) in [6, 6.07) is 8.22. The molecule has 0 radical (unpaired) electrons. The summed E-state index contributed by atoms with van der Waals surface area (Å²) < 4.78 is 19.1. The maximum absolute atomic E-state index is 13.7. The van der Waals surface area contributed by atoms with Crippen LogP contribution < -0.4 is 21.3 Å². The molecule has 0 fully saturated rings. The normalized spacial score (nSPS) is 9.27. The Hall–Kier alpha value is -2.38. The highest BCUT2D eigenvalue weighted by atomic mass is 35.5. The van der Waals surface area contributed by atoms with Gasteiger partial charge >= 0.3 is 0 Å². The lowest BCUT2D eigenvalue weighted by Gasteiger charge is -2.12. The van der Waals surface area contributed by atoms with Gasteiger partial charge in [-0.05, 0) is 24.3 Å². The van der Waals surface area contributed by atoms with E-state index in [-0.39, 0.29) is 17.6 Å². The fourth-order valence-electron chi connectivity index (χ4n) is 1.57. The van der Waals surface area contributed by atoms with Crippen LogP contribution in [0.15, 0.2) is 36.5 Å². The molecule has 118 valence electrons. The zero-order valence-corrected chi connectivity index (χ0v) is 12.6. The second-order valence-corrected chi connectivity index (χ2v) is 4.24. The first-order chi connectivity index (χ1) is 10.6. The van der Waals surface area contributed by atoms with E-state index in [1.807, 2.05) is 0 Å². The number of hydrazine groups is 1. The number of carbonyl (C=O) groups is 1. The zero-order valence-electron chi connectivity index (χ0n) is 11.8. The summed E-state index contributed by atoms with van der Waals surface area (Å²) >= 11 is 5.86. The Morgan fingerprint density at radius 3 is 2.73 bits per heavy atom. The Balaban J connectivity index is 0.000000541. The number of hydrogen-bond acceptors (Lipinski definition) is 5. The maximum Gasteiger partial charge on any atom is 0.221 e. The van der Waals surface area contributed by atoms with Gasteiger partial charge in [0, 0.05) is 24.5 Å². The number of nitrogens with zero attached hydrogens (tertiary/aromatic N) is 1. The lowest BCUT2D eigenvalue weighted by molar-refractivity contribution is -0.109. The Bertz CT molecular complexity index is 613. The van der Waals surface area contributed by atoms with Crippen molar-refractivity contribution in [3.8, 4) is 5.75 Å². The molecular weight excluding hydrogens is 311 g/mol. The molecule has 2 rings (SSSR count). The van der Waals surface area contributed by atoms with Crippen molar-refractivity contribution in [3.63, 3.8) is 0 Å². The molecule has 4 N–H and O–H groups in total. The first-order valence-corrected chi connectivity index (χ1v) is 6.60. The van der Waals surface area contributed by atoms with Gasteiger partial charge in [0.1, 0.15) is 12.4 Å². The second-order valence-electron chi connectivity index (χ2n) is 3.88. The van der Waals surface area contributed by atoms with E-state index in [1.54, 1.807) is 42.9 Å². The fourth-order valence-corrected chi connectivity index (χ4v) is 1.74. The number of carbonyl (C=O) groups excluding carboxylic acids is 1. The molecule has 0 aliphatic carbocycles. The summed E-state index contributed by atoms with van der Waals surface area (Å²) in [6.07, 6.45) is 1.97. The molecule has 0 bridgehead atoms. The largest absolute Gasteiger partial charge is 0.485 e. The SMILES string of the molecule is CNc1cccc(F)c1COc1cccnc1Cl.NNC=O. The summed E-state index contributed by atoms with van der Waals surface area (Å²) in [5.41, 5.74) is 2.90. The van der Waals surface area contributed by atoms with Crippen LogP contribution in [0, 0.1) is 5.82 Å². The van der Waals surface area contributed by atoms with E-state index in [9.17, 15) is 4.39 Å². The molecule has 0 saturated carbocycles. The van der Waals surface area contributed by atoms with Crippen molar-refractivity contribution < 1.29 is 13.9 Å². The number of anilines is 1. The quantitative estimate of drug-likeness (QED) is 0.257. The van der Waals surface area contributed by atoms with Crippen molar-refractivity contribution in [2.45, 2.75) is 6.61 Å². The summed E-state index contributed by atoms with van der Waals surface area (Å²) in [6.45, 7) is 0.0915. The molecule has 2 aromatic rings. The fraction of sp³-hybridized carbons (Fsp3) is 0.143. The first kappa shape index (κ1) is 17.7. The Kier molecular flexibility index (Phi) is 7.66. The van der Waals surface area contributed by atoms with Crippen LogP contribution in [0.1, 0.15) is 5.56 Å². The molecule has 1 aromatic carbocycles. The van der Waals surface area contributed by atoms with E-state index < -0.39 is 0 Å². The van der Waals surface area contributed by atoms with Crippen LogP contribution in [-0.2, 0) is 11.4 Å². The monoisotopic (exact) mass is 326 g/mol. The Morgan fingerprint density at radius 2 is 2.14 bits per heavy atom. The number of nitrogens with two attached hydrogens (primary N) is 1. The van der Waals surface area contributed by atoms with Gasteiger partial charge in [-0.15, -0.1) is 0 Å². The highest BCUT2D eigenvalue weighted by molar-refractivity contribution is 6.30. The van der Waals surface area contributed by atoms with Crippen LogP contribution in [0.2, 0.25) is 5.15 Å². The third-order valence-electron chi connectivity index (χ3n) is 2.55. The van der Waals surface area contributed by atoms with Crippen molar-refractivity contribution in [2.24, 2.45) is 5.84 Å². The average Bonchev–Trinajstić information content (AvgIpc) is 2.55. The van der Waals surface area contributed by atoms with Crippen molar-refractivity contribution in [2.75, 3.05) is 12.4 Å². The molecule has 0 unspecified atom stereocenters. The third kappa shape index (κ3) is 5.19. The molecular formula is C14H16ClFN4O2. The van der Waals surface area contributed by atoms with E-state index in [1.165, 1.54) is 6.07 Å². The molecule has 0 spiro atoms. The Labute approximate surface area is 132 Å². The number of halogens is 2. The van der Waals surface area contributed by atoms with E-state index in [0.29, 0.717) is 23.4 Å². The third-order valence-corrected chi connectivity index (χ3v) is 2.84. The minimum Gasteiger partial charge on any atom is -0.485 e. The summed E-state index contributed by atoms with van der Waals surface area (Å²) in [5, 5.41) is 3.18. The van der Waals surface area contributed by atoms with Crippen LogP contribution in [0.3, 0.4) is 0 Å². The number of amides is 1. The van der Waals surface area contributed by atoms with Crippen molar-refractivity contribution >= 4 is 23.7 Å². The van der Waals surface area contributed by atoms with Crippen LogP contribution in [0.5, 0.6) is 5.75 Å². The number of ether oxygens (including phenoxy) is 1. The number of aromatic nitrogens is 1. The van der Waals surface area contributed by atoms with Crippen LogP contribution >= 0.6 is 11.6 Å². The summed E-state index contributed by atoms with van der Waals surface area (Å²) in [4.78, 5) is 12.8. The molecule has 22 heavy (non-hydrogen) atoms. The molecule has 1 heterocycles. The van der Waals surface area contributed by atoms with Crippen LogP contribution in [0.25, 0.3) is 0 Å². The van der Waals surface area contributed by atoms with Gasteiger partial charge < -0.3 is 10.1 Å². The predicted molar refractivity (Wildman–Crippen MR) is 82.9 cm³/mol. The van der Waals surface area contributed by atoms with Crippen molar-refractivity contribution in [3.05, 3.63) is 53.1 Å². The van der Waals surface area contributed by atoms with Gasteiger partial charge in [-0.1, -0.05) is 17.7 Å². The molecule has 0 aliphatic rings. The molecule has 0 aliphatic heterocycles. The lowest BCUT2D eigenvalue weighted by atomic mass is 10.2. The molecule has 6 nitrogen and oxygen atoms in total. The first-order valence-electron chi connectivity index (χ1n) is 6.22. The zero-order chi connectivity index (χ0) is 16.4. The topological polar surface area (TPSA) is 89.3 Å². The van der Waals surface area contributed by atoms with Crippen LogP contribution in [0.4, 0.5) is 10.1 Å². The lowest BCUT2D eigenvalue weighted by Crippen LogP contribution is -2.18. The maximum atomic E-state index is 13.7. The van der Waals surface area contributed by atoms with Gasteiger partial charge in [-0.3, -0.25) is 10.2 Å². The van der Waals surface area contributed by atoms with Crippen LogP contribution in [-0.4, -0.2) is 18.4 Å². The number of rotatable bonds is 5. The van der Waals surface area contributed by atoms with E-state index in [4.69, 9.17) is 21.1 Å². The number of nitrogens with one attached hydrogen (secondary N) is 2. The van der Waals surface area contributed by atoms with Crippen molar-refractivity contribution in [1.29, 1.82) is 0 Å². The molecule has 1 aromatic heterocycles. The minimum absolute atomic E-state index is 0.0915. The van der Waals surface area contributed by atoms with Gasteiger partial charge in [-0.25, -0.2) is 15.2 Å². The number of hydrogen-bond donors (Lipinski definition) is 3. The predicted octanol–water partition coefficient (Wildman–Crippen LogP) is 2.10. The standard InChI is InChI=1S/C13H12ClFN2O.CH4N2O/c1-16-11-5-2-4-10(15)9(11)8-18-12-6-3-7-17-13(12)14;2-3-1-4/h2-7,16H,8H2,1H3;1H,2H2,(H,3,4). The van der Waals surface area contributed by atoms with Gasteiger partial charge in [0.2, 0.25) is 6.41 Å². The molecule has 8 heteroatoms. The smallest absolute Gasteiger partial charge is 0.221 e. The highest BCUT2D eigenvalue weighted by Crippen LogP contribution is 2.24. The van der Waals surface area contributed by atoms with Gasteiger partial charge in [0.25, 0.3) is 0 Å².